The van der Waals surface area contributed by atoms with E-state index >= 15 is 0 Å². The van der Waals surface area contributed by atoms with E-state index in [2.05, 4.69) is 17.0 Å². The number of thiazole rings is 1. The number of hydrogen-bond acceptors (Lipinski definition) is 6. The van der Waals surface area contributed by atoms with E-state index in [1.54, 1.807) is 12.1 Å². The van der Waals surface area contributed by atoms with Crippen LogP contribution >= 0.6 is 11.3 Å². The van der Waals surface area contributed by atoms with E-state index in [4.69, 9.17) is 0 Å². The molecular weight excluding hydrogens is 378 g/mol. The molecule has 2 N–H and O–H groups in total. The number of quaternary nitrogens is 1. The predicted molar refractivity (Wildman–Crippen MR) is 106 cm³/mol. The highest BCUT2D eigenvalue weighted by Gasteiger charge is 2.35. The highest BCUT2D eigenvalue weighted by molar-refractivity contribution is 7.17. The average molecular weight is 403 g/mol. The number of aromatic hydroxyl groups is 1. The summed E-state index contributed by atoms with van der Waals surface area (Å²) in [4.78, 5) is 18.0. The summed E-state index contributed by atoms with van der Waals surface area (Å²) in [6, 6.07) is 6.60. The number of benzene rings is 1. The lowest BCUT2D eigenvalue weighted by Gasteiger charge is -2.33. The Balaban J connectivity index is 1.77. The van der Waals surface area contributed by atoms with Gasteiger partial charge < -0.3 is 10.0 Å². The summed E-state index contributed by atoms with van der Waals surface area (Å²) in [5.41, 5.74) is 1.04. The molecule has 0 amide bonds. The fraction of sp³-hybridized carbons (Fsp3) is 0.474. The van der Waals surface area contributed by atoms with Gasteiger partial charge in [-0.05, 0) is 30.9 Å². The first-order chi connectivity index (χ1) is 13.5. The molecule has 1 aliphatic heterocycles. The van der Waals surface area contributed by atoms with Crippen LogP contribution in [0.3, 0.4) is 0 Å². The van der Waals surface area contributed by atoms with Crippen LogP contribution in [0.25, 0.3) is 4.96 Å². The van der Waals surface area contributed by atoms with E-state index in [1.165, 1.54) is 32.9 Å². The van der Waals surface area contributed by atoms with Crippen LogP contribution in [-0.4, -0.2) is 37.7 Å². The van der Waals surface area contributed by atoms with Gasteiger partial charge in [-0.2, -0.15) is 4.52 Å². The molecule has 148 valence electrons. The van der Waals surface area contributed by atoms with Crippen molar-refractivity contribution in [2.45, 2.75) is 39.2 Å². The fourth-order valence-corrected chi connectivity index (χ4v) is 5.07. The van der Waals surface area contributed by atoms with Gasteiger partial charge in [0.15, 0.2) is 11.9 Å². The Bertz CT molecular complexity index is 989. The van der Waals surface area contributed by atoms with Crippen molar-refractivity contribution in [3.8, 4) is 5.88 Å². The molecule has 9 heteroatoms. The van der Waals surface area contributed by atoms with Crippen molar-refractivity contribution >= 4 is 22.0 Å². The van der Waals surface area contributed by atoms with Crippen LogP contribution in [0.2, 0.25) is 0 Å². The molecule has 0 spiro atoms. The van der Waals surface area contributed by atoms with Crippen LogP contribution in [-0.2, 0) is 6.42 Å². The van der Waals surface area contributed by atoms with Crippen molar-refractivity contribution in [3.63, 3.8) is 0 Å². The summed E-state index contributed by atoms with van der Waals surface area (Å²) in [5, 5.41) is 26.3. The number of nitrogens with zero attached hydrogens (tertiary/aromatic N) is 4. The lowest BCUT2D eigenvalue weighted by atomic mass is 9.95. The number of hydrogen-bond donors (Lipinski definition) is 2. The number of rotatable bonds is 5. The van der Waals surface area contributed by atoms with Crippen molar-refractivity contribution in [1.82, 2.24) is 14.6 Å². The number of likely N-dealkylation sites (tertiary alicyclic amines) is 1. The topological polar surface area (TPSA) is 98.0 Å². The number of fused-ring (bicyclic) bond motifs is 1. The number of aryl methyl sites for hydroxylation is 1. The highest BCUT2D eigenvalue weighted by Crippen LogP contribution is 2.35. The minimum absolute atomic E-state index is 0.0734. The molecule has 3 heterocycles. The molecule has 28 heavy (non-hydrogen) atoms. The van der Waals surface area contributed by atoms with Crippen molar-refractivity contribution in [2.75, 3.05) is 13.1 Å². The molecule has 1 saturated heterocycles. The second kappa shape index (κ2) is 7.48. The molecule has 1 fully saturated rings. The second-order valence-corrected chi connectivity index (χ2v) is 8.50. The number of non-ortho nitro benzene ring substituents is 1. The number of nitro groups is 1. The predicted octanol–water partition coefficient (Wildman–Crippen LogP) is 2.37. The second-order valence-electron chi connectivity index (χ2n) is 7.49. The summed E-state index contributed by atoms with van der Waals surface area (Å²) in [5.74, 6) is 1.53. The summed E-state index contributed by atoms with van der Waals surface area (Å²) in [6.07, 6.45) is 2.96. The average Bonchev–Trinajstić information content (AvgIpc) is 3.23. The van der Waals surface area contributed by atoms with Gasteiger partial charge in [0.1, 0.15) is 4.88 Å². The lowest BCUT2D eigenvalue weighted by molar-refractivity contribution is -0.931. The SMILES string of the molecule is CCc1nc2sc([C@H](c3ccc([N+](=O)[O-])cc3)[NH+]3CCC(C)CC3)c(O)n2n1. The molecule has 0 unspecified atom stereocenters. The maximum Gasteiger partial charge on any atom is 0.269 e. The van der Waals surface area contributed by atoms with Gasteiger partial charge in [0, 0.05) is 24.1 Å². The molecule has 1 aromatic carbocycles. The largest absolute Gasteiger partial charge is 0.492 e. The summed E-state index contributed by atoms with van der Waals surface area (Å²) < 4.78 is 1.52. The molecule has 0 bridgehead atoms. The molecule has 0 radical (unpaired) electrons. The molecule has 1 aliphatic rings. The van der Waals surface area contributed by atoms with Gasteiger partial charge in [0.2, 0.25) is 10.8 Å². The lowest BCUT2D eigenvalue weighted by Crippen LogP contribution is -3.13. The fourth-order valence-electron chi connectivity index (χ4n) is 3.91. The zero-order valence-electron chi connectivity index (χ0n) is 16.0. The van der Waals surface area contributed by atoms with Gasteiger partial charge in [-0.1, -0.05) is 25.2 Å². The minimum Gasteiger partial charge on any atom is -0.492 e. The first kappa shape index (κ1) is 18.8. The quantitative estimate of drug-likeness (QED) is 0.504. The van der Waals surface area contributed by atoms with Gasteiger partial charge in [-0.15, -0.1) is 5.10 Å². The third-order valence-electron chi connectivity index (χ3n) is 5.58. The van der Waals surface area contributed by atoms with Crippen LogP contribution in [0.4, 0.5) is 5.69 Å². The zero-order valence-corrected chi connectivity index (χ0v) is 16.8. The van der Waals surface area contributed by atoms with E-state index < -0.39 is 0 Å². The molecule has 4 rings (SSSR count). The van der Waals surface area contributed by atoms with Crippen LogP contribution < -0.4 is 4.90 Å². The van der Waals surface area contributed by atoms with Crippen LogP contribution in [0.15, 0.2) is 24.3 Å². The van der Waals surface area contributed by atoms with Crippen LogP contribution in [0.1, 0.15) is 49.0 Å². The molecule has 0 saturated carbocycles. The smallest absolute Gasteiger partial charge is 0.269 e. The summed E-state index contributed by atoms with van der Waals surface area (Å²) >= 11 is 1.45. The Morgan fingerprint density at radius 2 is 2.04 bits per heavy atom. The molecule has 8 nitrogen and oxygen atoms in total. The molecule has 1 atom stereocenters. The van der Waals surface area contributed by atoms with Crippen molar-refractivity contribution in [1.29, 1.82) is 0 Å². The first-order valence-corrected chi connectivity index (χ1v) is 10.5. The minimum atomic E-state index is -0.388. The molecule has 2 aromatic heterocycles. The van der Waals surface area contributed by atoms with Crippen LogP contribution in [0.5, 0.6) is 5.88 Å². The van der Waals surface area contributed by atoms with Crippen molar-refractivity contribution < 1.29 is 14.9 Å². The molecule has 0 aliphatic carbocycles. The van der Waals surface area contributed by atoms with Gasteiger partial charge in [0.25, 0.3) is 5.69 Å². The number of aromatic nitrogens is 3. The number of piperidine rings is 1. The standard InChI is InChI=1S/C19H23N5O3S/c1-3-15-20-19-23(21-15)18(25)17(28-19)16(22-10-8-12(2)9-11-22)13-4-6-14(7-5-13)24(26)27/h4-7,12,16,25H,3,8-11H2,1-2H3/p+1/t16-/m0/s1. The maximum absolute atomic E-state index is 11.0. The van der Waals surface area contributed by atoms with E-state index in [-0.39, 0.29) is 22.5 Å². The third kappa shape index (κ3) is 3.35. The summed E-state index contributed by atoms with van der Waals surface area (Å²) in [6.45, 7) is 6.24. The third-order valence-corrected chi connectivity index (χ3v) is 6.67. The van der Waals surface area contributed by atoms with E-state index in [1.807, 2.05) is 6.92 Å². The first-order valence-electron chi connectivity index (χ1n) is 9.64. The van der Waals surface area contributed by atoms with Gasteiger partial charge in [0.05, 0.1) is 18.0 Å². The van der Waals surface area contributed by atoms with Gasteiger partial charge in [-0.25, -0.2) is 4.98 Å². The number of nitro benzene ring substituents is 1. The monoisotopic (exact) mass is 402 g/mol. The van der Waals surface area contributed by atoms with Crippen LogP contribution in [0, 0.1) is 16.0 Å². The van der Waals surface area contributed by atoms with Gasteiger partial charge >= 0.3 is 0 Å². The van der Waals surface area contributed by atoms with E-state index in [0.29, 0.717) is 23.1 Å². The maximum atomic E-state index is 11.0. The summed E-state index contributed by atoms with van der Waals surface area (Å²) in [7, 11) is 0. The molecular formula is C19H24N5O3S+. The van der Waals surface area contributed by atoms with E-state index in [0.717, 1.165) is 36.4 Å². The van der Waals surface area contributed by atoms with E-state index in [9.17, 15) is 15.2 Å². The Labute approximate surface area is 166 Å². The Kier molecular flexibility index (Phi) is 5.03. The highest BCUT2D eigenvalue weighted by atomic mass is 32.1. The van der Waals surface area contributed by atoms with Crippen molar-refractivity contribution in [3.05, 3.63) is 50.6 Å². The molecule has 3 aromatic rings. The Morgan fingerprint density at radius 3 is 2.61 bits per heavy atom. The van der Waals surface area contributed by atoms with Crippen molar-refractivity contribution in [2.24, 2.45) is 5.92 Å². The Hall–Kier alpha value is -2.52. The number of nitrogens with one attached hydrogen (secondary N) is 1. The normalized spacial score (nSPS) is 21.1. The zero-order chi connectivity index (χ0) is 19.8. The Morgan fingerprint density at radius 1 is 1.36 bits per heavy atom. The van der Waals surface area contributed by atoms with Gasteiger partial charge in [-0.3, -0.25) is 10.1 Å².